The monoisotopic (exact) mass is 425 g/mol. The van der Waals surface area contributed by atoms with Crippen LogP contribution in [0.25, 0.3) is 28.0 Å². The first-order valence-corrected chi connectivity index (χ1v) is 10.6. The summed E-state index contributed by atoms with van der Waals surface area (Å²) in [5.41, 5.74) is 6.70. The van der Waals surface area contributed by atoms with Crippen LogP contribution in [0.5, 0.6) is 0 Å². The van der Waals surface area contributed by atoms with Crippen LogP contribution in [0.1, 0.15) is 37.9 Å². The number of aromatic amines is 1. The molecule has 1 N–H and O–H groups in total. The van der Waals surface area contributed by atoms with E-state index in [1.54, 1.807) is 6.20 Å². The number of rotatable bonds is 7. The lowest BCUT2D eigenvalue weighted by Gasteiger charge is -2.10. The van der Waals surface area contributed by atoms with Crippen LogP contribution in [-0.2, 0) is 0 Å². The van der Waals surface area contributed by atoms with E-state index >= 15 is 0 Å². The van der Waals surface area contributed by atoms with Crippen molar-refractivity contribution in [1.29, 1.82) is 5.26 Å². The molecular formula is C27H31N5. The summed E-state index contributed by atoms with van der Waals surface area (Å²) in [5.74, 6) is 0.680. The van der Waals surface area contributed by atoms with E-state index in [2.05, 4.69) is 61.0 Å². The number of benzene rings is 1. The first kappa shape index (κ1) is 24.4. The Balaban J connectivity index is 0.000000451. The van der Waals surface area contributed by atoms with Crippen LogP contribution in [0.3, 0.4) is 0 Å². The van der Waals surface area contributed by atoms with Crippen LogP contribution in [-0.4, -0.2) is 34.2 Å². The molecule has 0 amide bonds. The lowest BCUT2D eigenvalue weighted by atomic mass is 10.0. The van der Waals surface area contributed by atoms with Gasteiger partial charge in [0.2, 0.25) is 0 Å². The van der Waals surface area contributed by atoms with E-state index in [-0.39, 0.29) is 0 Å². The predicted octanol–water partition coefficient (Wildman–Crippen LogP) is 6.08. The number of nitriles is 1. The Hall–Kier alpha value is -3.83. The Morgan fingerprint density at radius 3 is 2.59 bits per heavy atom. The quantitative estimate of drug-likeness (QED) is 0.466. The molecule has 0 fully saturated rings. The molecule has 0 spiro atoms. The Morgan fingerprint density at radius 1 is 1.28 bits per heavy atom. The molecule has 0 saturated carbocycles. The van der Waals surface area contributed by atoms with Crippen LogP contribution in [0.15, 0.2) is 55.5 Å². The van der Waals surface area contributed by atoms with Crippen LogP contribution in [0, 0.1) is 36.3 Å². The molecular weight excluding hydrogens is 394 g/mol. The van der Waals surface area contributed by atoms with Crippen molar-refractivity contribution in [2.24, 2.45) is 5.92 Å². The maximum Gasteiger partial charge on any atom is 0.121 e. The highest BCUT2D eigenvalue weighted by molar-refractivity contribution is 5.76. The molecule has 2 heterocycles. The summed E-state index contributed by atoms with van der Waals surface area (Å²) in [4.78, 5) is 6.71. The number of nitrogens with one attached hydrogen (secondary N) is 1. The van der Waals surface area contributed by atoms with Gasteiger partial charge in [0, 0.05) is 44.0 Å². The Kier molecular flexibility index (Phi) is 9.26. The van der Waals surface area contributed by atoms with Gasteiger partial charge in [0.1, 0.15) is 5.69 Å². The van der Waals surface area contributed by atoms with Gasteiger partial charge in [-0.25, -0.2) is 4.98 Å². The minimum absolute atomic E-state index is 0.680. The molecule has 3 rings (SSSR count). The number of nitrogens with zero attached hydrogens (tertiary/aromatic N) is 4. The van der Waals surface area contributed by atoms with Gasteiger partial charge < -0.3 is 4.90 Å². The van der Waals surface area contributed by atoms with Gasteiger partial charge in [0.15, 0.2) is 0 Å². The van der Waals surface area contributed by atoms with Gasteiger partial charge in [-0.1, -0.05) is 50.8 Å². The van der Waals surface area contributed by atoms with Crippen molar-refractivity contribution in [3.05, 3.63) is 78.9 Å². The minimum Gasteiger partial charge on any atom is -0.383 e. The van der Waals surface area contributed by atoms with E-state index in [1.165, 1.54) is 0 Å². The number of allylic oxidation sites excluding steroid dienone is 2. The minimum atomic E-state index is 0.680. The standard InChI is InChI=1S/C21H20N4.C6H11N/c1-5-16(14-25(3)4)17-7-6-8-18(11-17)21-10-9-20(15(2)24-21)19-12-22-23-13-19;1-6(2)4-3-5-7/h5-8,11-14H,1H2,2-4H3,(H,22,23);6H,3-4H2,1-2H3/b16-14+;. The zero-order valence-electron chi connectivity index (χ0n) is 19.6. The summed E-state index contributed by atoms with van der Waals surface area (Å²) >= 11 is 0. The fraction of sp³-hybridized carbons (Fsp3) is 0.296. The molecule has 5 heteroatoms. The lowest BCUT2D eigenvalue weighted by molar-refractivity contribution is 0.566. The van der Waals surface area contributed by atoms with E-state index in [0.717, 1.165) is 45.6 Å². The van der Waals surface area contributed by atoms with Crippen molar-refractivity contribution in [3.8, 4) is 28.5 Å². The first-order chi connectivity index (χ1) is 15.3. The van der Waals surface area contributed by atoms with Crippen molar-refractivity contribution < 1.29 is 0 Å². The number of H-pyrrole nitrogens is 1. The second kappa shape index (κ2) is 12.1. The van der Waals surface area contributed by atoms with E-state index in [0.29, 0.717) is 12.3 Å². The molecule has 0 aliphatic rings. The van der Waals surface area contributed by atoms with Crippen molar-refractivity contribution in [2.45, 2.75) is 33.6 Å². The summed E-state index contributed by atoms with van der Waals surface area (Å²) in [6.07, 6.45) is 9.24. The Labute approximate surface area is 192 Å². The summed E-state index contributed by atoms with van der Waals surface area (Å²) in [6.45, 7) is 10.1. The number of hydrogen-bond acceptors (Lipinski definition) is 4. The summed E-state index contributed by atoms with van der Waals surface area (Å²) in [7, 11) is 3.99. The zero-order valence-corrected chi connectivity index (χ0v) is 19.6. The molecule has 2 aromatic heterocycles. The molecule has 3 aromatic rings. The van der Waals surface area contributed by atoms with Gasteiger partial charge in [-0.05, 0) is 42.5 Å². The normalized spacial score (nSPS) is 10.6. The molecule has 1 aromatic carbocycles. The number of aryl methyl sites for hydroxylation is 1. The van der Waals surface area contributed by atoms with Gasteiger partial charge in [0.05, 0.1) is 23.5 Å². The van der Waals surface area contributed by atoms with Gasteiger partial charge in [-0.15, -0.1) is 0 Å². The average molecular weight is 426 g/mol. The molecule has 164 valence electrons. The largest absolute Gasteiger partial charge is 0.383 e. The smallest absolute Gasteiger partial charge is 0.121 e. The second-order valence-corrected chi connectivity index (χ2v) is 8.08. The van der Waals surface area contributed by atoms with Gasteiger partial charge >= 0.3 is 0 Å². The molecule has 0 aliphatic carbocycles. The maximum atomic E-state index is 8.07. The summed E-state index contributed by atoms with van der Waals surface area (Å²) < 4.78 is 0. The molecule has 5 nitrogen and oxygen atoms in total. The third-order valence-corrected chi connectivity index (χ3v) is 4.65. The van der Waals surface area contributed by atoms with Crippen LogP contribution in [0.4, 0.5) is 0 Å². The maximum absolute atomic E-state index is 8.07. The van der Waals surface area contributed by atoms with Crippen LogP contribution in [0.2, 0.25) is 0 Å². The van der Waals surface area contributed by atoms with Gasteiger partial charge in [-0.2, -0.15) is 10.4 Å². The van der Waals surface area contributed by atoms with Crippen molar-refractivity contribution in [1.82, 2.24) is 20.1 Å². The first-order valence-electron chi connectivity index (χ1n) is 10.6. The number of hydrogen-bond donors (Lipinski definition) is 1. The summed E-state index contributed by atoms with van der Waals surface area (Å²) in [6, 6.07) is 16.7. The van der Waals surface area contributed by atoms with E-state index < -0.39 is 0 Å². The average Bonchev–Trinajstić information content (AvgIpc) is 3.31. The molecule has 0 saturated heterocycles. The van der Waals surface area contributed by atoms with Crippen LogP contribution < -0.4 is 0 Å². The fourth-order valence-electron chi connectivity index (χ4n) is 2.99. The third kappa shape index (κ3) is 7.15. The lowest BCUT2D eigenvalue weighted by Crippen LogP contribution is -2.02. The van der Waals surface area contributed by atoms with E-state index in [9.17, 15) is 0 Å². The zero-order chi connectivity index (χ0) is 23.5. The molecule has 0 unspecified atom stereocenters. The predicted molar refractivity (Wildman–Crippen MR) is 131 cm³/mol. The molecule has 0 bridgehead atoms. The van der Waals surface area contributed by atoms with Crippen molar-refractivity contribution in [3.63, 3.8) is 0 Å². The van der Waals surface area contributed by atoms with E-state index in [1.807, 2.05) is 56.5 Å². The van der Waals surface area contributed by atoms with Gasteiger partial charge in [0.25, 0.3) is 0 Å². The topological polar surface area (TPSA) is 68.6 Å². The van der Waals surface area contributed by atoms with Gasteiger partial charge in [-0.3, -0.25) is 5.10 Å². The Bertz CT molecular complexity index is 1070. The molecule has 0 atom stereocenters. The SMILES string of the molecule is C=C/C(=C\N(C)C)c1cccc(-c2c#cc(-c3cn[nH]c3)c(C)n2)c1.CC(C)CCC#N. The second-order valence-electron chi connectivity index (χ2n) is 8.08. The van der Waals surface area contributed by atoms with Crippen molar-refractivity contribution >= 4 is 5.57 Å². The highest BCUT2D eigenvalue weighted by Gasteiger charge is 2.08. The van der Waals surface area contributed by atoms with Crippen molar-refractivity contribution in [2.75, 3.05) is 14.1 Å². The highest BCUT2D eigenvalue weighted by atomic mass is 15.1. The Morgan fingerprint density at radius 2 is 2.06 bits per heavy atom. The molecule has 32 heavy (non-hydrogen) atoms. The fourth-order valence-corrected chi connectivity index (χ4v) is 2.99. The molecule has 0 aliphatic heterocycles. The highest BCUT2D eigenvalue weighted by Crippen LogP contribution is 2.25. The summed E-state index contributed by atoms with van der Waals surface area (Å²) in [5, 5.41) is 14.9. The number of aromatic nitrogens is 3. The van der Waals surface area contributed by atoms with Crippen LogP contribution >= 0.6 is 0 Å². The van der Waals surface area contributed by atoms with E-state index in [4.69, 9.17) is 10.2 Å². The molecule has 0 radical (unpaired) electrons. The third-order valence-electron chi connectivity index (χ3n) is 4.65.